The van der Waals surface area contributed by atoms with Gasteiger partial charge < -0.3 is 14.8 Å². The van der Waals surface area contributed by atoms with Crippen molar-refractivity contribution in [3.63, 3.8) is 0 Å². The number of ether oxygens (including phenoxy) is 2. The molecule has 0 radical (unpaired) electrons. The first-order valence-corrected chi connectivity index (χ1v) is 8.30. The Balaban J connectivity index is 2.00. The Morgan fingerprint density at radius 1 is 1.31 bits per heavy atom. The number of carbonyl (C=O) groups is 2. The highest BCUT2D eigenvalue weighted by Crippen LogP contribution is 2.27. The van der Waals surface area contributed by atoms with Crippen LogP contribution in [0.3, 0.4) is 0 Å². The molecule has 9 heteroatoms. The van der Waals surface area contributed by atoms with E-state index >= 15 is 0 Å². The molecule has 0 bridgehead atoms. The molecule has 1 N–H and O–H groups in total. The molecule has 6 nitrogen and oxygen atoms in total. The number of nitrogens with zero attached hydrogens (tertiary/aromatic N) is 1. The van der Waals surface area contributed by atoms with Crippen LogP contribution >= 0.6 is 11.8 Å². The number of halogens is 2. The molecule has 138 valence electrons. The molecule has 1 heterocycles. The third-order valence-electron chi connectivity index (χ3n) is 3.16. The number of nitrogens with one attached hydrogen (secondary N) is 1. The normalized spacial score (nSPS) is 10.5. The van der Waals surface area contributed by atoms with Gasteiger partial charge in [0, 0.05) is 6.20 Å². The summed E-state index contributed by atoms with van der Waals surface area (Å²) >= 11 is 0.134. The predicted molar refractivity (Wildman–Crippen MR) is 92.7 cm³/mol. The van der Waals surface area contributed by atoms with E-state index < -0.39 is 24.2 Å². The monoisotopic (exact) mass is 382 g/mol. The lowest BCUT2D eigenvalue weighted by Gasteiger charge is -2.11. The number of hydrogen-bond acceptors (Lipinski definition) is 6. The highest BCUT2D eigenvalue weighted by atomic mass is 32.2. The number of rotatable bonds is 7. The van der Waals surface area contributed by atoms with Gasteiger partial charge in [-0.1, -0.05) is 6.07 Å². The fraction of sp³-hybridized carbons (Fsp3) is 0.235. The van der Waals surface area contributed by atoms with Gasteiger partial charge in [-0.25, -0.2) is 9.78 Å². The van der Waals surface area contributed by atoms with Crippen LogP contribution in [0.25, 0.3) is 0 Å². The van der Waals surface area contributed by atoms with Gasteiger partial charge >= 0.3 is 5.97 Å². The Kier molecular flexibility index (Phi) is 6.90. The largest absolute Gasteiger partial charge is 0.495 e. The number of thioether (sulfide) groups is 1. The summed E-state index contributed by atoms with van der Waals surface area (Å²) in [6.07, 6.45) is 1.29. The first-order chi connectivity index (χ1) is 12.4. The standard InChI is InChI=1S/C17H16F2N2O4S/c1-10-5-6-13(24-2)12(8-10)21-14(22)9-25-16(23)11-4-3-7-20-15(11)26-17(18)19/h3-8,17H,9H2,1-2H3,(H,21,22). The molecule has 0 saturated heterocycles. The van der Waals surface area contributed by atoms with Gasteiger partial charge in [0.15, 0.2) is 6.61 Å². The predicted octanol–water partition coefficient (Wildman–Crippen LogP) is 3.51. The topological polar surface area (TPSA) is 77.5 Å². The van der Waals surface area contributed by atoms with Crippen LogP contribution in [-0.2, 0) is 9.53 Å². The Morgan fingerprint density at radius 2 is 2.08 bits per heavy atom. The van der Waals surface area contributed by atoms with E-state index in [4.69, 9.17) is 9.47 Å². The van der Waals surface area contributed by atoms with E-state index in [1.54, 1.807) is 12.1 Å². The second-order valence-electron chi connectivity index (χ2n) is 5.06. The fourth-order valence-electron chi connectivity index (χ4n) is 2.04. The number of esters is 1. The molecule has 0 aliphatic carbocycles. The lowest BCUT2D eigenvalue weighted by atomic mass is 10.2. The highest BCUT2D eigenvalue weighted by molar-refractivity contribution is 7.99. The van der Waals surface area contributed by atoms with Crippen LogP contribution in [0.1, 0.15) is 15.9 Å². The van der Waals surface area contributed by atoms with E-state index in [-0.39, 0.29) is 22.4 Å². The van der Waals surface area contributed by atoms with Crippen molar-refractivity contribution in [2.45, 2.75) is 17.7 Å². The minimum absolute atomic E-state index is 0.126. The molecule has 0 saturated carbocycles. The van der Waals surface area contributed by atoms with E-state index in [0.717, 1.165) is 5.56 Å². The minimum Gasteiger partial charge on any atom is -0.495 e. The number of benzene rings is 1. The lowest BCUT2D eigenvalue weighted by Crippen LogP contribution is -2.21. The second-order valence-corrected chi connectivity index (χ2v) is 6.04. The van der Waals surface area contributed by atoms with E-state index in [1.807, 2.05) is 13.0 Å². The molecular weight excluding hydrogens is 366 g/mol. The third kappa shape index (κ3) is 5.41. The second kappa shape index (κ2) is 9.14. The molecule has 0 aliphatic heterocycles. The Hall–Kier alpha value is -2.68. The van der Waals surface area contributed by atoms with Crippen molar-refractivity contribution in [1.82, 2.24) is 4.98 Å². The molecule has 0 spiro atoms. The van der Waals surface area contributed by atoms with E-state index in [9.17, 15) is 18.4 Å². The SMILES string of the molecule is COc1ccc(C)cc1NC(=O)COC(=O)c1cccnc1SC(F)F. The number of methoxy groups -OCH3 is 1. The van der Waals surface area contributed by atoms with Crippen molar-refractivity contribution in [2.75, 3.05) is 19.0 Å². The van der Waals surface area contributed by atoms with Crippen molar-refractivity contribution in [3.8, 4) is 5.75 Å². The third-order valence-corrected chi connectivity index (χ3v) is 3.88. The number of alkyl halides is 2. The van der Waals surface area contributed by atoms with Gasteiger partial charge in [0.2, 0.25) is 0 Å². The average Bonchev–Trinajstić information content (AvgIpc) is 2.60. The zero-order valence-electron chi connectivity index (χ0n) is 14.0. The first-order valence-electron chi connectivity index (χ1n) is 7.42. The maximum absolute atomic E-state index is 12.5. The zero-order valence-corrected chi connectivity index (χ0v) is 14.8. The molecule has 26 heavy (non-hydrogen) atoms. The van der Waals surface area contributed by atoms with E-state index in [2.05, 4.69) is 10.3 Å². The summed E-state index contributed by atoms with van der Waals surface area (Å²) in [6, 6.07) is 7.95. The van der Waals surface area contributed by atoms with Gasteiger partial charge in [-0.2, -0.15) is 8.78 Å². The van der Waals surface area contributed by atoms with E-state index in [0.29, 0.717) is 11.4 Å². The molecule has 1 aromatic carbocycles. The molecule has 2 aromatic rings. The first kappa shape index (κ1) is 19.6. The van der Waals surface area contributed by atoms with Crippen molar-refractivity contribution in [1.29, 1.82) is 0 Å². The number of anilines is 1. The zero-order chi connectivity index (χ0) is 19.1. The summed E-state index contributed by atoms with van der Waals surface area (Å²) in [5.74, 6) is -3.77. The van der Waals surface area contributed by atoms with Crippen molar-refractivity contribution < 1.29 is 27.8 Å². The van der Waals surface area contributed by atoms with Crippen LogP contribution < -0.4 is 10.1 Å². The number of aromatic nitrogens is 1. The summed E-state index contributed by atoms with van der Waals surface area (Å²) < 4.78 is 35.1. The molecule has 0 aliphatic rings. The smallest absolute Gasteiger partial charge is 0.341 e. The van der Waals surface area contributed by atoms with Gasteiger partial charge in [-0.05, 0) is 48.5 Å². The van der Waals surface area contributed by atoms with Crippen LogP contribution in [0.2, 0.25) is 0 Å². The average molecular weight is 382 g/mol. The summed E-state index contributed by atoms with van der Waals surface area (Å²) in [5.41, 5.74) is 1.21. The summed E-state index contributed by atoms with van der Waals surface area (Å²) in [6.45, 7) is 1.27. The van der Waals surface area contributed by atoms with Crippen molar-refractivity contribution in [2.24, 2.45) is 0 Å². The number of carbonyl (C=O) groups excluding carboxylic acids is 2. The Labute approximate surface area is 152 Å². The molecule has 2 rings (SSSR count). The van der Waals surface area contributed by atoms with E-state index in [1.165, 1.54) is 25.4 Å². The van der Waals surface area contributed by atoms with Gasteiger partial charge in [0.25, 0.3) is 11.7 Å². The maximum atomic E-state index is 12.5. The summed E-state index contributed by atoms with van der Waals surface area (Å²) in [4.78, 5) is 27.8. The Bertz CT molecular complexity index is 802. The van der Waals surface area contributed by atoms with Crippen LogP contribution in [0.15, 0.2) is 41.6 Å². The number of pyridine rings is 1. The maximum Gasteiger partial charge on any atom is 0.341 e. The van der Waals surface area contributed by atoms with Crippen LogP contribution in [0, 0.1) is 6.92 Å². The number of aryl methyl sites for hydroxylation is 1. The van der Waals surface area contributed by atoms with Gasteiger partial charge in [-0.15, -0.1) is 0 Å². The molecule has 0 unspecified atom stereocenters. The van der Waals surface area contributed by atoms with Crippen molar-refractivity contribution >= 4 is 29.3 Å². The van der Waals surface area contributed by atoms with Crippen LogP contribution in [0.5, 0.6) is 5.75 Å². The van der Waals surface area contributed by atoms with Gasteiger partial charge in [0.1, 0.15) is 10.8 Å². The minimum atomic E-state index is -2.73. The molecule has 1 aromatic heterocycles. The molecular formula is C17H16F2N2O4S. The quantitative estimate of drug-likeness (QED) is 0.583. The molecule has 0 fully saturated rings. The van der Waals surface area contributed by atoms with Gasteiger partial charge in [0.05, 0.1) is 18.4 Å². The fourth-order valence-corrected chi connectivity index (χ4v) is 2.61. The lowest BCUT2D eigenvalue weighted by molar-refractivity contribution is -0.119. The summed E-state index contributed by atoms with van der Waals surface area (Å²) in [5, 5.41) is 2.41. The van der Waals surface area contributed by atoms with Gasteiger partial charge in [-0.3, -0.25) is 4.79 Å². The highest BCUT2D eigenvalue weighted by Gasteiger charge is 2.19. The summed E-state index contributed by atoms with van der Waals surface area (Å²) in [7, 11) is 1.46. The Morgan fingerprint density at radius 3 is 2.77 bits per heavy atom. The van der Waals surface area contributed by atoms with Crippen molar-refractivity contribution in [3.05, 3.63) is 47.7 Å². The molecule has 0 atom stereocenters. The van der Waals surface area contributed by atoms with Crippen LogP contribution in [0.4, 0.5) is 14.5 Å². The molecule has 1 amide bonds. The number of hydrogen-bond donors (Lipinski definition) is 1. The van der Waals surface area contributed by atoms with Crippen LogP contribution in [-0.4, -0.2) is 36.3 Å². The number of amides is 1.